The summed E-state index contributed by atoms with van der Waals surface area (Å²) in [7, 11) is 3.39. The number of hydrogen-bond acceptors (Lipinski definition) is 5. The Balaban J connectivity index is 1.73. The Morgan fingerprint density at radius 3 is 2.57 bits per heavy atom. The van der Waals surface area contributed by atoms with E-state index in [0.29, 0.717) is 25.2 Å². The predicted octanol–water partition coefficient (Wildman–Crippen LogP) is 4.57. The fourth-order valence-electron chi connectivity index (χ4n) is 3.19. The minimum atomic E-state index is -2.89. The normalized spacial score (nSPS) is 14.3. The van der Waals surface area contributed by atoms with E-state index in [0.717, 1.165) is 29.0 Å². The van der Waals surface area contributed by atoms with Gasteiger partial charge in [-0.25, -0.2) is 4.68 Å². The Hall–Kier alpha value is -2.00. The van der Waals surface area contributed by atoms with Gasteiger partial charge in [0.15, 0.2) is 16.3 Å². The van der Waals surface area contributed by atoms with Crippen LogP contribution in [0.2, 0.25) is 0 Å². The molecule has 0 spiro atoms. The van der Waals surface area contributed by atoms with Crippen LogP contribution >= 0.6 is 12.2 Å². The van der Waals surface area contributed by atoms with E-state index >= 15 is 0 Å². The van der Waals surface area contributed by atoms with E-state index in [1.807, 2.05) is 11.7 Å². The van der Waals surface area contributed by atoms with Gasteiger partial charge in [0, 0.05) is 18.5 Å². The van der Waals surface area contributed by atoms with Gasteiger partial charge in [-0.1, -0.05) is 19.9 Å². The number of nitrogens with zero attached hydrogens (tertiary/aromatic N) is 4. The molecule has 154 valence electrons. The highest BCUT2D eigenvalue weighted by Crippen LogP contribution is 2.37. The maximum atomic E-state index is 12.5. The molecule has 0 radical (unpaired) electrons. The second-order valence-corrected chi connectivity index (χ2v) is 7.78. The molecule has 1 aliphatic rings. The third kappa shape index (κ3) is 4.70. The van der Waals surface area contributed by atoms with Crippen molar-refractivity contribution in [3.8, 4) is 11.5 Å². The highest BCUT2D eigenvalue weighted by Gasteiger charge is 2.29. The van der Waals surface area contributed by atoms with Gasteiger partial charge in [0.05, 0.1) is 13.8 Å². The Morgan fingerprint density at radius 2 is 2.00 bits per heavy atom. The number of methoxy groups -OCH3 is 1. The summed E-state index contributed by atoms with van der Waals surface area (Å²) in [5, 5.41) is 4.74. The number of rotatable bonds is 9. The van der Waals surface area contributed by atoms with E-state index < -0.39 is 6.61 Å². The van der Waals surface area contributed by atoms with Crippen molar-refractivity contribution >= 4 is 12.2 Å². The average Bonchev–Trinajstić information content (AvgIpc) is 3.40. The summed E-state index contributed by atoms with van der Waals surface area (Å²) in [6, 6.07) is 5.43. The molecule has 1 saturated carbocycles. The lowest BCUT2D eigenvalue weighted by Crippen LogP contribution is -2.22. The zero-order valence-corrected chi connectivity index (χ0v) is 17.4. The van der Waals surface area contributed by atoms with Crippen LogP contribution in [0.3, 0.4) is 0 Å². The average molecular weight is 413 g/mol. The molecule has 28 heavy (non-hydrogen) atoms. The Kier molecular flexibility index (Phi) is 6.34. The molecule has 0 atom stereocenters. The fraction of sp³-hybridized carbons (Fsp3) is 0.579. The number of benzene rings is 1. The van der Waals surface area contributed by atoms with Crippen LogP contribution in [0.25, 0.3) is 0 Å². The van der Waals surface area contributed by atoms with Crippen molar-refractivity contribution in [2.45, 2.75) is 58.5 Å². The van der Waals surface area contributed by atoms with Gasteiger partial charge in [0.25, 0.3) is 0 Å². The lowest BCUT2D eigenvalue weighted by molar-refractivity contribution is -0.0512. The van der Waals surface area contributed by atoms with Gasteiger partial charge in [-0.05, 0) is 49.8 Å². The maximum Gasteiger partial charge on any atom is 0.387 e. The molecule has 1 fully saturated rings. The van der Waals surface area contributed by atoms with Crippen LogP contribution in [0.1, 0.15) is 50.0 Å². The first-order valence-electron chi connectivity index (χ1n) is 9.29. The standard InChI is InChI=1S/C19H26F2N4O2S/c1-12(2)17-22-24(19(28)25(17)14-6-7-14)11-23(3)10-13-5-8-15(27-18(20)21)16(9-13)26-4/h5,8-9,12,14,18H,6-7,10-11H2,1-4H3. The van der Waals surface area contributed by atoms with Gasteiger partial charge in [0.2, 0.25) is 0 Å². The van der Waals surface area contributed by atoms with Crippen LogP contribution in [0, 0.1) is 4.77 Å². The van der Waals surface area contributed by atoms with E-state index in [-0.39, 0.29) is 11.5 Å². The predicted molar refractivity (Wildman–Crippen MR) is 105 cm³/mol. The van der Waals surface area contributed by atoms with Crippen molar-refractivity contribution < 1.29 is 18.3 Å². The number of alkyl halides is 2. The third-order valence-electron chi connectivity index (χ3n) is 4.60. The molecule has 1 aromatic carbocycles. The van der Waals surface area contributed by atoms with Crippen LogP contribution in [0.4, 0.5) is 8.78 Å². The topological polar surface area (TPSA) is 44.5 Å². The largest absolute Gasteiger partial charge is 0.493 e. The number of halogens is 2. The highest BCUT2D eigenvalue weighted by molar-refractivity contribution is 7.71. The molecular weight excluding hydrogens is 386 g/mol. The summed E-state index contributed by atoms with van der Waals surface area (Å²) in [6.07, 6.45) is 2.31. The van der Waals surface area contributed by atoms with Crippen LogP contribution in [-0.2, 0) is 13.2 Å². The van der Waals surface area contributed by atoms with Gasteiger partial charge >= 0.3 is 6.61 Å². The zero-order valence-electron chi connectivity index (χ0n) is 16.6. The summed E-state index contributed by atoms with van der Waals surface area (Å²) in [5.74, 6) is 1.63. The maximum absolute atomic E-state index is 12.5. The smallest absolute Gasteiger partial charge is 0.387 e. The molecule has 0 unspecified atom stereocenters. The molecule has 1 heterocycles. The van der Waals surface area contributed by atoms with Gasteiger partial charge < -0.3 is 14.0 Å². The number of hydrogen-bond donors (Lipinski definition) is 0. The van der Waals surface area contributed by atoms with Crippen molar-refractivity contribution in [3.63, 3.8) is 0 Å². The molecule has 1 aromatic heterocycles. The summed E-state index contributed by atoms with van der Waals surface area (Å²) >= 11 is 5.66. The Bertz CT molecular complexity index is 877. The lowest BCUT2D eigenvalue weighted by Gasteiger charge is -2.18. The first-order chi connectivity index (χ1) is 13.3. The SMILES string of the molecule is COc1cc(CN(C)Cn2nc(C(C)C)n(C3CC3)c2=S)ccc1OC(F)F. The van der Waals surface area contributed by atoms with Crippen LogP contribution in [0.15, 0.2) is 18.2 Å². The fourth-order valence-corrected chi connectivity index (χ4v) is 3.53. The van der Waals surface area contributed by atoms with Crippen LogP contribution < -0.4 is 9.47 Å². The monoisotopic (exact) mass is 412 g/mol. The van der Waals surface area contributed by atoms with E-state index in [4.69, 9.17) is 22.1 Å². The summed E-state index contributed by atoms with van der Waals surface area (Å²) < 4.78 is 39.4. The molecule has 2 aromatic rings. The molecular formula is C19H26F2N4O2S. The third-order valence-corrected chi connectivity index (χ3v) is 5.00. The van der Waals surface area contributed by atoms with Crippen molar-refractivity contribution in [2.24, 2.45) is 0 Å². The summed E-state index contributed by atoms with van der Waals surface area (Å²) in [4.78, 5) is 2.06. The lowest BCUT2D eigenvalue weighted by atomic mass is 10.2. The second kappa shape index (κ2) is 8.57. The van der Waals surface area contributed by atoms with Crippen molar-refractivity contribution in [2.75, 3.05) is 14.2 Å². The van der Waals surface area contributed by atoms with Gasteiger partial charge in [-0.3, -0.25) is 4.90 Å². The molecule has 0 amide bonds. The van der Waals surface area contributed by atoms with E-state index in [1.165, 1.54) is 13.2 Å². The van der Waals surface area contributed by atoms with Crippen molar-refractivity contribution in [3.05, 3.63) is 34.4 Å². The Morgan fingerprint density at radius 1 is 1.29 bits per heavy atom. The van der Waals surface area contributed by atoms with Crippen molar-refractivity contribution in [1.29, 1.82) is 0 Å². The minimum Gasteiger partial charge on any atom is -0.493 e. The quantitative estimate of drug-likeness (QED) is 0.565. The molecule has 3 rings (SSSR count). The Labute approximate surface area is 168 Å². The highest BCUT2D eigenvalue weighted by atomic mass is 32.1. The molecule has 9 heteroatoms. The summed E-state index contributed by atoms with van der Waals surface area (Å²) in [6.45, 7) is 2.48. The van der Waals surface area contributed by atoms with Crippen molar-refractivity contribution in [1.82, 2.24) is 19.2 Å². The van der Waals surface area contributed by atoms with E-state index in [9.17, 15) is 8.78 Å². The number of aromatic nitrogens is 3. The molecule has 0 aliphatic heterocycles. The van der Waals surface area contributed by atoms with Crippen LogP contribution in [-0.4, -0.2) is 40.0 Å². The molecule has 1 aliphatic carbocycles. The molecule has 0 saturated heterocycles. The van der Waals surface area contributed by atoms with E-state index in [1.54, 1.807) is 12.1 Å². The number of ether oxygens (including phenoxy) is 2. The van der Waals surface area contributed by atoms with Gasteiger partial charge in [0.1, 0.15) is 5.82 Å². The second-order valence-electron chi connectivity index (χ2n) is 7.42. The van der Waals surface area contributed by atoms with Gasteiger partial charge in [-0.2, -0.15) is 13.9 Å². The van der Waals surface area contributed by atoms with Gasteiger partial charge in [-0.15, -0.1) is 0 Å². The first-order valence-corrected chi connectivity index (χ1v) is 9.70. The molecule has 0 bridgehead atoms. The van der Waals surface area contributed by atoms with E-state index in [2.05, 4.69) is 28.1 Å². The molecule has 6 nitrogen and oxygen atoms in total. The zero-order chi connectivity index (χ0) is 20.4. The summed E-state index contributed by atoms with van der Waals surface area (Å²) in [5.41, 5.74) is 0.915. The molecule has 0 N–H and O–H groups in total. The minimum absolute atomic E-state index is 0.0240. The van der Waals surface area contributed by atoms with Crippen LogP contribution in [0.5, 0.6) is 11.5 Å². The first kappa shape index (κ1) is 20.7.